The third kappa shape index (κ3) is 6.01. The van der Waals surface area contributed by atoms with Gasteiger partial charge < -0.3 is 25.0 Å². The summed E-state index contributed by atoms with van der Waals surface area (Å²) >= 11 is 6.09. The van der Waals surface area contributed by atoms with Crippen molar-refractivity contribution in [2.24, 2.45) is 0 Å². The van der Waals surface area contributed by atoms with E-state index in [4.69, 9.17) is 37.0 Å². The smallest absolute Gasteiger partial charge is 0.335 e. The molecule has 184 valence electrons. The van der Waals surface area contributed by atoms with Gasteiger partial charge in [-0.2, -0.15) is 5.10 Å². The number of imidazole rings is 1. The highest BCUT2D eigenvalue weighted by Gasteiger charge is 2.29. The van der Waals surface area contributed by atoms with E-state index in [9.17, 15) is 14.0 Å². The number of aliphatic hydroxyl groups is 2. The normalized spacial score (nSPS) is 12.6. The van der Waals surface area contributed by atoms with Gasteiger partial charge >= 0.3 is 11.9 Å². The highest BCUT2D eigenvalue weighted by molar-refractivity contribution is 6.31. The number of aryl methyl sites for hydroxylation is 1. The average molecular weight is 505 g/mol. The van der Waals surface area contributed by atoms with Crippen molar-refractivity contribution < 1.29 is 34.4 Å². The number of carboxylic acid groups (broad SMARTS) is 2. The maximum absolute atomic E-state index is 13.5. The van der Waals surface area contributed by atoms with Crippen molar-refractivity contribution in [1.29, 1.82) is 0 Å². The predicted molar refractivity (Wildman–Crippen MR) is 124 cm³/mol. The average Bonchev–Trinajstić information content (AvgIpc) is 3.41. The van der Waals surface area contributed by atoms with Crippen LogP contribution in [0.5, 0.6) is 0 Å². The van der Waals surface area contributed by atoms with E-state index in [1.54, 1.807) is 16.9 Å². The van der Waals surface area contributed by atoms with Gasteiger partial charge in [0.2, 0.25) is 0 Å². The lowest BCUT2D eigenvalue weighted by Crippen LogP contribution is -2.39. The van der Waals surface area contributed by atoms with E-state index in [2.05, 4.69) is 16.6 Å². The molecule has 35 heavy (non-hydrogen) atoms. The fourth-order valence-corrected chi connectivity index (χ4v) is 3.54. The number of rotatable bonds is 7. The van der Waals surface area contributed by atoms with Crippen LogP contribution in [0.2, 0.25) is 5.02 Å². The quantitative estimate of drug-likeness (QED) is 0.300. The van der Waals surface area contributed by atoms with E-state index >= 15 is 0 Å². The maximum Gasteiger partial charge on any atom is 0.335 e. The molecular formula is C23H22ClFN4O6. The highest BCUT2D eigenvalue weighted by Crippen LogP contribution is 2.23. The van der Waals surface area contributed by atoms with E-state index in [-0.39, 0.29) is 5.82 Å². The lowest BCUT2D eigenvalue weighted by molar-refractivity contribution is -0.165. The molecule has 0 aliphatic heterocycles. The third-order valence-corrected chi connectivity index (χ3v) is 5.26. The Bertz CT molecular complexity index is 1340. The molecule has 0 amide bonds. The van der Waals surface area contributed by atoms with Gasteiger partial charge in [-0.3, -0.25) is 0 Å². The fraction of sp³-hybridized carbons (Fsp3) is 0.217. The molecule has 10 nitrogen and oxygen atoms in total. The first-order valence-corrected chi connectivity index (χ1v) is 10.8. The number of carboxylic acids is 2. The van der Waals surface area contributed by atoms with Crippen molar-refractivity contribution >= 4 is 34.6 Å². The third-order valence-electron chi connectivity index (χ3n) is 5.02. The molecule has 0 aliphatic rings. The van der Waals surface area contributed by atoms with Gasteiger partial charge in [-0.1, -0.05) is 17.7 Å². The Kier molecular flexibility index (Phi) is 8.18. The van der Waals surface area contributed by atoms with Gasteiger partial charge in [0.25, 0.3) is 0 Å². The molecule has 0 saturated heterocycles. The summed E-state index contributed by atoms with van der Waals surface area (Å²) in [6.45, 7) is 2.89. The standard InChI is InChI=1S/C19H16ClFN4.C4H6O6/c1-2-24-18-7-6-13(20)10-17(18)23-19(24)12-16-8-9-22-25(16)15-5-3-4-14(21)11-15;5-1(3(7)8)2(6)4(9)10/h3-11H,2,12H2,1H3;1-2,5-6H,(H,7,8)(H,9,10). The molecule has 2 unspecified atom stereocenters. The lowest BCUT2D eigenvalue weighted by Gasteiger charge is -2.09. The van der Waals surface area contributed by atoms with Crippen molar-refractivity contribution in [1.82, 2.24) is 19.3 Å². The number of aliphatic hydroxyl groups excluding tert-OH is 2. The van der Waals surface area contributed by atoms with E-state index in [0.29, 0.717) is 17.1 Å². The summed E-state index contributed by atoms with van der Waals surface area (Å²) in [5.74, 6) is -2.89. The number of hydrogen-bond donors (Lipinski definition) is 4. The Labute approximate surface area is 203 Å². The van der Waals surface area contributed by atoms with Gasteiger partial charge in [0.05, 0.1) is 22.4 Å². The zero-order chi connectivity index (χ0) is 25.7. The topological polar surface area (TPSA) is 151 Å². The Morgan fingerprint density at radius 1 is 1.06 bits per heavy atom. The summed E-state index contributed by atoms with van der Waals surface area (Å²) in [5.41, 5.74) is 3.57. The number of aromatic nitrogens is 4. The van der Waals surface area contributed by atoms with E-state index in [1.165, 1.54) is 12.1 Å². The van der Waals surface area contributed by atoms with Crippen LogP contribution in [-0.4, -0.2) is 63.9 Å². The fourth-order valence-electron chi connectivity index (χ4n) is 3.38. The van der Waals surface area contributed by atoms with Crippen LogP contribution in [0.3, 0.4) is 0 Å². The summed E-state index contributed by atoms with van der Waals surface area (Å²) in [6, 6.07) is 14.1. The minimum atomic E-state index is -2.27. The minimum Gasteiger partial charge on any atom is -0.479 e. The Morgan fingerprint density at radius 3 is 2.34 bits per heavy atom. The molecule has 2 heterocycles. The molecule has 2 atom stereocenters. The molecule has 0 radical (unpaired) electrons. The predicted octanol–water partition coefficient (Wildman–Crippen LogP) is 2.50. The van der Waals surface area contributed by atoms with Crippen molar-refractivity contribution in [2.75, 3.05) is 0 Å². The van der Waals surface area contributed by atoms with Gasteiger partial charge in [0.1, 0.15) is 11.6 Å². The lowest BCUT2D eigenvalue weighted by atomic mass is 10.2. The molecule has 0 spiro atoms. The number of nitrogens with zero attached hydrogens (tertiary/aromatic N) is 4. The summed E-state index contributed by atoms with van der Waals surface area (Å²) in [6.07, 6.45) is -2.22. The minimum absolute atomic E-state index is 0.283. The van der Waals surface area contributed by atoms with Crippen LogP contribution < -0.4 is 0 Å². The van der Waals surface area contributed by atoms with E-state index < -0.39 is 24.1 Å². The van der Waals surface area contributed by atoms with Crippen LogP contribution >= 0.6 is 11.6 Å². The summed E-state index contributed by atoms with van der Waals surface area (Å²) in [7, 11) is 0. The maximum atomic E-state index is 13.5. The first-order valence-electron chi connectivity index (χ1n) is 10.4. The van der Waals surface area contributed by atoms with Gasteiger partial charge in [-0.05, 0) is 49.4 Å². The second-order valence-corrected chi connectivity index (χ2v) is 7.80. The first-order chi connectivity index (χ1) is 16.6. The first kappa shape index (κ1) is 25.8. The van der Waals surface area contributed by atoms with Crippen molar-refractivity contribution in [3.05, 3.63) is 77.1 Å². The molecule has 0 bridgehead atoms. The number of aliphatic carboxylic acids is 2. The second-order valence-electron chi connectivity index (χ2n) is 7.36. The number of hydrogen-bond acceptors (Lipinski definition) is 6. The molecule has 4 rings (SSSR count). The van der Waals surface area contributed by atoms with Crippen LogP contribution in [0.15, 0.2) is 54.7 Å². The SMILES string of the molecule is CCn1c(Cc2ccnn2-c2cccc(F)c2)nc2cc(Cl)ccc21.O=C(O)C(O)C(O)C(=O)O. The Morgan fingerprint density at radius 2 is 1.74 bits per heavy atom. The Balaban J connectivity index is 0.000000292. The van der Waals surface area contributed by atoms with Crippen molar-refractivity contribution in [3.63, 3.8) is 0 Å². The molecule has 0 fully saturated rings. The zero-order valence-corrected chi connectivity index (χ0v) is 19.2. The van der Waals surface area contributed by atoms with Gasteiger partial charge in [-0.25, -0.2) is 23.6 Å². The largest absolute Gasteiger partial charge is 0.479 e. The van der Waals surface area contributed by atoms with E-state index in [1.807, 2.05) is 30.3 Å². The molecule has 12 heteroatoms. The summed E-state index contributed by atoms with van der Waals surface area (Å²) in [4.78, 5) is 24.3. The van der Waals surface area contributed by atoms with Gasteiger partial charge in [0.15, 0.2) is 12.2 Å². The molecule has 4 N–H and O–H groups in total. The van der Waals surface area contributed by atoms with Crippen molar-refractivity contribution in [3.8, 4) is 5.69 Å². The second kappa shape index (κ2) is 11.1. The molecule has 4 aromatic rings. The number of fused-ring (bicyclic) bond motifs is 1. The number of carbonyl (C=O) groups is 2. The van der Waals surface area contributed by atoms with Crippen LogP contribution in [0, 0.1) is 5.82 Å². The molecule has 0 aliphatic carbocycles. The van der Waals surface area contributed by atoms with Crippen LogP contribution in [-0.2, 0) is 22.6 Å². The van der Waals surface area contributed by atoms with Crippen LogP contribution in [0.25, 0.3) is 16.7 Å². The van der Waals surface area contributed by atoms with Gasteiger partial charge in [-0.15, -0.1) is 0 Å². The monoisotopic (exact) mass is 504 g/mol. The molecule has 2 aromatic heterocycles. The molecule has 0 saturated carbocycles. The summed E-state index contributed by atoms with van der Waals surface area (Å²) in [5, 5.41) is 37.5. The number of benzene rings is 2. The zero-order valence-electron chi connectivity index (χ0n) is 18.4. The van der Waals surface area contributed by atoms with Crippen LogP contribution in [0.4, 0.5) is 4.39 Å². The number of halogens is 2. The van der Waals surface area contributed by atoms with Crippen molar-refractivity contribution in [2.45, 2.75) is 32.1 Å². The Hall–Kier alpha value is -3.80. The molecular weight excluding hydrogens is 483 g/mol. The summed E-state index contributed by atoms with van der Waals surface area (Å²) < 4.78 is 17.5. The van der Waals surface area contributed by atoms with Gasteiger partial charge in [0, 0.05) is 24.2 Å². The van der Waals surface area contributed by atoms with E-state index in [0.717, 1.165) is 29.1 Å². The highest BCUT2D eigenvalue weighted by atomic mass is 35.5. The van der Waals surface area contributed by atoms with Crippen LogP contribution in [0.1, 0.15) is 18.4 Å². The molecule has 2 aromatic carbocycles.